The molecule has 2 rings (SSSR count). The van der Waals surface area contributed by atoms with Gasteiger partial charge in [-0.3, -0.25) is 4.79 Å². The summed E-state index contributed by atoms with van der Waals surface area (Å²) in [4.78, 5) is 11.6. The maximum Gasteiger partial charge on any atom is 0.291 e. The average molecular weight is 338 g/mol. The second-order valence-corrected chi connectivity index (χ2v) is 4.18. The van der Waals surface area contributed by atoms with E-state index in [1.54, 1.807) is 5.32 Å². The van der Waals surface area contributed by atoms with Crippen molar-refractivity contribution in [3.8, 4) is 0 Å². The van der Waals surface area contributed by atoms with Gasteiger partial charge in [0.25, 0.3) is 5.91 Å². The number of anilines is 1. The highest BCUT2D eigenvalue weighted by Crippen LogP contribution is 2.25. The zero-order valence-corrected chi connectivity index (χ0v) is 10.5. The molecule has 1 heterocycles. The number of furan rings is 1. The molecule has 0 fully saturated rings. The minimum Gasteiger partial charge on any atom is -0.444 e. The summed E-state index contributed by atoms with van der Waals surface area (Å²) < 4.78 is 57.4. The lowest BCUT2D eigenvalue weighted by Crippen LogP contribution is -2.15. The van der Waals surface area contributed by atoms with Gasteiger partial charge in [-0.05, 0) is 28.1 Å². The number of nitrogens with one attached hydrogen (secondary N) is 1. The lowest BCUT2D eigenvalue weighted by atomic mass is 10.2. The van der Waals surface area contributed by atoms with Crippen molar-refractivity contribution in [2.45, 2.75) is 0 Å². The third-order valence-electron chi connectivity index (χ3n) is 2.15. The number of amides is 1. The van der Waals surface area contributed by atoms with Crippen molar-refractivity contribution in [2.24, 2.45) is 0 Å². The standard InChI is InChI=1S/C11H4BrF4NO2/c12-7-2-1-6(19-7)11(18)17-10-8(15)4(13)3-5(14)9(10)16/h1-3H,(H,17,18). The van der Waals surface area contributed by atoms with Gasteiger partial charge in [-0.1, -0.05) is 0 Å². The lowest BCUT2D eigenvalue weighted by Gasteiger charge is -2.07. The highest BCUT2D eigenvalue weighted by Gasteiger charge is 2.22. The van der Waals surface area contributed by atoms with E-state index >= 15 is 0 Å². The Bertz CT molecular complexity index is 630. The largest absolute Gasteiger partial charge is 0.444 e. The van der Waals surface area contributed by atoms with E-state index in [-0.39, 0.29) is 16.5 Å². The number of rotatable bonds is 2. The molecule has 0 saturated heterocycles. The molecule has 0 radical (unpaired) electrons. The fraction of sp³-hybridized carbons (Fsp3) is 0. The van der Waals surface area contributed by atoms with Crippen molar-refractivity contribution >= 4 is 27.5 Å². The van der Waals surface area contributed by atoms with Crippen molar-refractivity contribution in [3.05, 3.63) is 51.9 Å². The van der Waals surface area contributed by atoms with Gasteiger partial charge in [0.2, 0.25) is 0 Å². The number of carbonyl (C=O) groups excluding carboxylic acids is 1. The first-order chi connectivity index (χ1) is 8.90. The van der Waals surface area contributed by atoms with Crippen LogP contribution in [0.1, 0.15) is 10.6 Å². The predicted molar refractivity (Wildman–Crippen MR) is 60.6 cm³/mol. The van der Waals surface area contributed by atoms with Gasteiger partial charge in [-0.2, -0.15) is 0 Å². The number of hydrogen-bond donors (Lipinski definition) is 1. The van der Waals surface area contributed by atoms with Gasteiger partial charge in [0.15, 0.2) is 33.7 Å². The molecule has 0 aliphatic carbocycles. The molecule has 1 aromatic carbocycles. The minimum atomic E-state index is -1.70. The molecule has 0 spiro atoms. The Labute approximate surface area is 112 Å². The second kappa shape index (κ2) is 5.04. The third kappa shape index (κ3) is 2.62. The van der Waals surface area contributed by atoms with Crippen LogP contribution in [0.3, 0.4) is 0 Å². The highest BCUT2D eigenvalue weighted by atomic mass is 79.9. The quantitative estimate of drug-likeness (QED) is 0.668. The van der Waals surface area contributed by atoms with E-state index in [1.807, 2.05) is 0 Å². The molecule has 0 aliphatic rings. The second-order valence-electron chi connectivity index (χ2n) is 3.40. The van der Waals surface area contributed by atoms with Gasteiger partial charge in [0.05, 0.1) is 0 Å². The van der Waals surface area contributed by atoms with Gasteiger partial charge in [-0.15, -0.1) is 0 Å². The van der Waals surface area contributed by atoms with Crippen LogP contribution in [0.15, 0.2) is 27.3 Å². The van der Waals surface area contributed by atoms with Crippen LogP contribution in [0.2, 0.25) is 0 Å². The minimum absolute atomic E-state index is 0.0454. The van der Waals surface area contributed by atoms with Crippen LogP contribution in [-0.4, -0.2) is 5.91 Å². The van der Waals surface area contributed by atoms with Crippen molar-refractivity contribution in [1.29, 1.82) is 0 Å². The Kier molecular flexibility index (Phi) is 3.61. The van der Waals surface area contributed by atoms with Gasteiger partial charge < -0.3 is 9.73 Å². The smallest absolute Gasteiger partial charge is 0.291 e. The molecule has 0 bridgehead atoms. The van der Waals surface area contributed by atoms with Crippen LogP contribution in [0.25, 0.3) is 0 Å². The third-order valence-corrected chi connectivity index (χ3v) is 2.57. The molecule has 1 amide bonds. The maximum absolute atomic E-state index is 13.3. The van der Waals surface area contributed by atoms with E-state index in [2.05, 4.69) is 15.9 Å². The number of benzene rings is 1. The Hall–Kier alpha value is -1.83. The van der Waals surface area contributed by atoms with Gasteiger partial charge >= 0.3 is 0 Å². The van der Waals surface area contributed by atoms with E-state index < -0.39 is 34.9 Å². The molecule has 0 saturated carbocycles. The summed E-state index contributed by atoms with van der Waals surface area (Å²) in [6, 6.07) is 2.63. The Morgan fingerprint density at radius 2 is 1.68 bits per heavy atom. The Morgan fingerprint density at radius 1 is 1.11 bits per heavy atom. The van der Waals surface area contributed by atoms with Crippen molar-refractivity contribution in [1.82, 2.24) is 0 Å². The van der Waals surface area contributed by atoms with E-state index in [4.69, 9.17) is 4.42 Å². The van der Waals surface area contributed by atoms with Crippen LogP contribution in [0.5, 0.6) is 0 Å². The van der Waals surface area contributed by atoms with E-state index in [1.165, 1.54) is 12.1 Å². The highest BCUT2D eigenvalue weighted by molar-refractivity contribution is 9.10. The summed E-state index contributed by atoms with van der Waals surface area (Å²) in [7, 11) is 0. The fourth-order valence-electron chi connectivity index (χ4n) is 1.29. The first kappa shape index (κ1) is 13.6. The van der Waals surface area contributed by atoms with Gasteiger partial charge in [-0.25, -0.2) is 17.6 Å². The molecule has 0 unspecified atom stereocenters. The number of carbonyl (C=O) groups is 1. The Morgan fingerprint density at radius 3 is 2.16 bits per heavy atom. The molecule has 0 aliphatic heterocycles. The van der Waals surface area contributed by atoms with Gasteiger partial charge in [0.1, 0.15) is 5.69 Å². The lowest BCUT2D eigenvalue weighted by molar-refractivity contribution is 0.0994. The molecule has 3 nitrogen and oxygen atoms in total. The molecular weight excluding hydrogens is 334 g/mol. The summed E-state index contributed by atoms with van der Waals surface area (Å²) in [6.45, 7) is 0. The van der Waals surface area contributed by atoms with Crippen LogP contribution in [-0.2, 0) is 0 Å². The van der Waals surface area contributed by atoms with E-state index in [0.29, 0.717) is 0 Å². The Balaban J connectivity index is 2.36. The molecule has 100 valence electrons. The molecular formula is C11H4BrF4NO2. The van der Waals surface area contributed by atoms with Crippen molar-refractivity contribution in [3.63, 3.8) is 0 Å². The fourth-order valence-corrected chi connectivity index (χ4v) is 1.60. The van der Waals surface area contributed by atoms with Crippen LogP contribution < -0.4 is 5.32 Å². The molecule has 8 heteroatoms. The molecule has 0 atom stereocenters. The summed E-state index contributed by atoms with van der Waals surface area (Å²) in [5.74, 6) is -7.95. The molecule has 1 aromatic heterocycles. The van der Waals surface area contributed by atoms with Crippen molar-refractivity contribution in [2.75, 3.05) is 5.32 Å². The SMILES string of the molecule is O=C(Nc1c(F)c(F)cc(F)c1F)c1ccc(Br)o1. The van der Waals surface area contributed by atoms with E-state index in [9.17, 15) is 22.4 Å². The van der Waals surface area contributed by atoms with Crippen LogP contribution >= 0.6 is 15.9 Å². The van der Waals surface area contributed by atoms with E-state index in [0.717, 1.165) is 0 Å². The zero-order valence-electron chi connectivity index (χ0n) is 8.94. The maximum atomic E-state index is 13.3. The summed E-state index contributed by atoms with van der Waals surface area (Å²) in [5, 5.41) is 1.71. The van der Waals surface area contributed by atoms with Gasteiger partial charge in [0, 0.05) is 6.07 Å². The molecule has 19 heavy (non-hydrogen) atoms. The average Bonchev–Trinajstić information content (AvgIpc) is 2.79. The topological polar surface area (TPSA) is 42.2 Å². The normalized spacial score (nSPS) is 10.6. The predicted octanol–water partition coefficient (Wildman–Crippen LogP) is 3.85. The summed E-state index contributed by atoms with van der Waals surface area (Å²) in [6.07, 6.45) is 0. The van der Waals surface area contributed by atoms with Crippen molar-refractivity contribution < 1.29 is 26.8 Å². The zero-order chi connectivity index (χ0) is 14.2. The van der Waals surface area contributed by atoms with Crippen LogP contribution in [0.4, 0.5) is 23.2 Å². The number of hydrogen-bond acceptors (Lipinski definition) is 2. The number of halogens is 5. The first-order valence-electron chi connectivity index (χ1n) is 4.80. The summed E-state index contributed by atoms with van der Waals surface area (Å²) >= 11 is 2.92. The van der Waals surface area contributed by atoms with Crippen LogP contribution in [0, 0.1) is 23.3 Å². The molecule has 1 N–H and O–H groups in total. The molecule has 2 aromatic rings. The monoisotopic (exact) mass is 337 g/mol. The first-order valence-corrected chi connectivity index (χ1v) is 5.59. The summed E-state index contributed by atoms with van der Waals surface area (Å²) in [5.41, 5.74) is -1.21.